The van der Waals surface area contributed by atoms with Crippen LogP contribution in [-0.2, 0) is 11.3 Å². The van der Waals surface area contributed by atoms with Crippen LogP contribution in [0.2, 0.25) is 0 Å². The molecule has 1 aliphatic rings. The molecule has 1 aliphatic carbocycles. The van der Waals surface area contributed by atoms with Gasteiger partial charge in [-0.1, -0.05) is 27.7 Å². The summed E-state index contributed by atoms with van der Waals surface area (Å²) in [6.07, 6.45) is 0. The molecule has 0 amide bonds. The van der Waals surface area contributed by atoms with E-state index in [2.05, 4.69) is 32.7 Å². The lowest BCUT2D eigenvalue weighted by Crippen LogP contribution is -2.12. The van der Waals surface area contributed by atoms with E-state index >= 15 is 0 Å². The van der Waals surface area contributed by atoms with E-state index in [9.17, 15) is 4.79 Å². The van der Waals surface area contributed by atoms with E-state index in [1.165, 1.54) is 0 Å². The molecule has 0 unspecified atom stereocenters. The van der Waals surface area contributed by atoms with Crippen molar-refractivity contribution >= 4 is 11.8 Å². The third-order valence-electron chi connectivity index (χ3n) is 5.35. The zero-order chi connectivity index (χ0) is 15.3. The molecule has 20 heavy (non-hydrogen) atoms. The maximum atomic E-state index is 11.8. The molecule has 1 saturated carbocycles. The first-order valence-corrected chi connectivity index (χ1v) is 7.14. The second kappa shape index (κ2) is 4.50. The first kappa shape index (κ1) is 14.9. The number of hydrogen-bond donors (Lipinski definition) is 1. The normalized spacial score (nSPS) is 19.9. The van der Waals surface area contributed by atoms with Crippen LogP contribution in [0, 0.1) is 23.7 Å². The smallest absolute Gasteiger partial charge is 0.360 e. The summed E-state index contributed by atoms with van der Waals surface area (Å²) in [7, 11) is 0. The first-order chi connectivity index (χ1) is 9.14. The fourth-order valence-electron chi connectivity index (χ4n) is 3.13. The Labute approximate surface area is 120 Å². The second-order valence-electron chi connectivity index (χ2n) is 6.72. The summed E-state index contributed by atoms with van der Waals surface area (Å²) in [4.78, 5) is 16.1. The molecule has 0 saturated heterocycles. The lowest BCUT2D eigenvalue weighted by molar-refractivity contribution is 0.0521. The van der Waals surface area contributed by atoms with Gasteiger partial charge < -0.3 is 15.0 Å². The number of nitrogens with zero attached hydrogens (tertiary/aromatic N) is 2. The van der Waals surface area contributed by atoms with Crippen LogP contribution in [0.15, 0.2) is 0 Å². The number of aryl methyl sites for hydroxylation is 1. The van der Waals surface area contributed by atoms with Gasteiger partial charge >= 0.3 is 5.97 Å². The van der Waals surface area contributed by atoms with E-state index in [4.69, 9.17) is 10.5 Å². The largest absolute Gasteiger partial charge is 0.461 e. The van der Waals surface area contributed by atoms with Crippen LogP contribution in [0.5, 0.6) is 0 Å². The lowest BCUT2D eigenvalue weighted by atomic mass is 10.0. The Morgan fingerprint density at radius 2 is 1.90 bits per heavy atom. The SMILES string of the molecule is CCOC(=O)c1nc(C)n(CC2C(C)(C)C2(C)C)c1N. The predicted octanol–water partition coefficient (Wildman–Crippen LogP) is 2.63. The number of carbonyl (C=O) groups excluding carboxylic acids is 1. The monoisotopic (exact) mass is 279 g/mol. The van der Waals surface area contributed by atoms with Crippen molar-refractivity contribution in [2.45, 2.75) is 48.1 Å². The summed E-state index contributed by atoms with van der Waals surface area (Å²) in [5.41, 5.74) is 6.88. The van der Waals surface area contributed by atoms with Crippen LogP contribution in [0.4, 0.5) is 5.82 Å². The highest BCUT2D eigenvalue weighted by Crippen LogP contribution is 2.69. The van der Waals surface area contributed by atoms with Crippen molar-refractivity contribution in [3.63, 3.8) is 0 Å². The molecule has 0 spiro atoms. The van der Waals surface area contributed by atoms with Crippen molar-refractivity contribution in [3.8, 4) is 0 Å². The van der Waals surface area contributed by atoms with E-state index in [1.54, 1.807) is 6.92 Å². The number of esters is 1. The zero-order valence-corrected chi connectivity index (χ0v) is 13.3. The molecular formula is C15H25N3O2. The van der Waals surface area contributed by atoms with Gasteiger partial charge in [0.1, 0.15) is 11.6 Å². The van der Waals surface area contributed by atoms with E-state index in [0.29, 0.717) is 18.3 Å². The number of hydrogen-bond acceptors (Lipinski definition) is 4. The summed E-state index contributed by atoms with van der Waals surface area (Å²) in [6, 6.07) is 0. The summed E-state index contributed by atoms with van der Waals surface area (Å²) < 4.78 is 6.92. The highest BCUT2D eigenvalue weighted by molar-refractivity contribution is 5.92. The number of nitrogens with two attached hydrogens (primary N) is 1. The molecule has 0 aromatic carbocycles. The Morgan fingerprint density at radius 1 is 1.35 bits per heavy atom. The van der Waals surface area contributed by atoms with Crippen LogP contribution in [0.3, 0.4) is 0 Å². The first-order valence-electron chi connectivity index (χ1n) is 7.14. The quantitative estimate of drug-likeness (QED) is 0.860. The number of ether oxygens (including phenoxy) is 1. The van der Waals surface area contributed by atoms with Crippen molar-refractivity contribution in [2.75, 3.05) is 12.3 Å². The number of imidazole rings is 1. The maximum absolute atomic E-state index is 11.8. The van der Waals surface area contributed by atoms with Gasteiger partial charge in [-0.3, -0.25) is 0 Å². The van der Waals surface area contributed by atoms with Gasteiger partial charge in [0.2, 0.25) is 0 Å². The van der Waals surface area contributed by atoms with E-state index < -0.39 is 5.97 Å². The number of carbonyl (C=O) groups is 1. The Morgan fingerprint density at radius 3 is 2.35 bits per heavy atom. The molecule has 112 valence electrons. The van der Waals surface area contributed by atoms with Crippen molar-refractivity contribution in [1.29, 1.82) is 0 Å². The Bertz CT molecular complexity index is 530. The molecule has 0 aliphatic heterocycles. The van der Waals surface area contributed by atoms with E-state index in [1.807, 2.05) is 11.5 Å². The predicted molar refractivity (Wildman–Crippen MR) is 78.4 cm³/mol. The third kappa shape index (κ3) is 2.00. The average molecular weight is 279 g/mol. The van der Waals surface area contributed by atoms with Gasteiger partial charge in [0.25, 0.3) is 0 Å². The van der Waals surface area contributed by atoms with Gasteiger partial charge in [0.05, 0.1) is 6.61 Å². The van der Waals surface area contributed by atoms with Crippen molar-refractivity contribution in [3.05, 3.63) is 11.5 Å². The standard InChI is InChI=1S/C15H25N3O2/c1-7-20-13(19)11-12(16)18(9(2)17-11)8-10-14(3,4)15(10,5)6/h10H,7-8,16H2,1-6H3. The van der Waals surface area contributed by atoms with Gasteiger partial charge in [-0.25, -0.2) is 9.78 Å². The van der Waals surface area contributed by atoms with E-state index in [-0.39, 0.29) is 16.5 Å². The van der Waals surface area contributed by atoms with Crippen LogP contribution in [0.1, 0.15) is 50.9 Å². The third-order valence-corrected chi connectivity index (χ3v) is 5.35. The Kier molecular flexibility index (Phi) is 3.35. The van der Waals surface area contributed by atoms with Crippen LogP contribution < -0.4 is 5.73 Å². The summed E-state index contributed by atoms with van der Waals surface area (Å²) in [6.45, 7) is 13.9. The van der Waals surface area contributed by atoms with Crippen LogP contribution in [0.25, 0.3) is 0 Å². The second-order valence-corrected chi connectivity index (χ2v) is 6.72. The molecule has 0 bridgehead atoms. The van der Waals surface area contributed by atoms with Crippen molar-refractivity contribution < 1.29 is 9.53 Å². The fourth-order valence-corrected chi connectivity index (χ4v) is 3.13. The molecule has 5 heteroatoms. The van der Waals surface area contributed by atoms with Gasteiger partial charge in [0, 0.05) is 6.54 Å². The molecule has 1 fully saturated rings. The molecule has 2 rings (SSSR count). The molecule has 2 N–H and O–H groups in total. The van der Waals surface area contributed by atoms with Crippen molar-refractivity contribution in [2.24, 2.45) is 16.7 Å². The molecular weight excluding hydrogens is 254 g/mol. The highest BCUT2D eigenvalue weighted by Gasteiger charge is 2.64. The maximum Gasteiger partial charge on any atom is 0.360 e. The van der Waals surface area contributed by atoms with E-state index in [0.717, 1.165) is 12.4 Å². The number of anilines is 1. The van der Waals surface area contributed by atoms with Gasteiger partial charge in [-0.2, -0.15) is 0 Å². The summed E-state index contributed by atoms with van der Waals surface area (Å²) in [5, 5.41) is 0. The summed E-state index contributed by atoms with van der Waals surface area (Å²) in [5.74, 6) is 1.27. The topological polar surface area (TPSA) is 70.1 Å². The molecule has 5 nitrogen and oxygen atoms in total. The fraction of sp³-hybridized carbons (Fsp3) is 0.733. The average Bonchev–Trinajstić information content (AvgIpc) is 2.60. The Balaban J connectivity index is 2.25. The van der Waals surface area contributed by atoms with Crippen LogP contribution in [-0.4, -0.2) is 22.1 Å². The molecule has 1 aromatic heterocycles. The minimum atomic E-state index is -0.443. The number of nitrogen functional groups attached to an aromatic ring is 1. The van der Waals surface area contributed by atoms with Crippen LogP contribution >= 0.6 is 0 Å². The van der Waals surface area contributed by atoms with Crippen molar-refractivity contribution in [1.82, 2.24) is 9.55 Å². The Hall–Kier alpha value is -1.52. The van der Waals surface area contributed by atoms with Gasteiger partial charge in [-0.15, -0.1) is 0 Å². The minimum Gasteiger partial charge on any atom is -0.461 e. The molecule has 0 atom stereocenters. The summed E-state index contributed by atoms with van der Waals surface area (Å²) >= 11 is 0. The molecule has 1 aromatic rings. The zero-order valence-electron chi connectivity index (χ0n) is 13.3. The lowest BCUT2D eigenvalue weighted by Gasteiger charge is -2.09. The number of rotatable bonds is 4. The van der Waals surface area contributed by atoms with Gasteiger partial charge in [0.15, 0.2) is 5.69 Å². The highest BCUT2D eigenvalue weighted by atomic mass is 16.5. The minimum absolute atomic E-state index is 0.237. The molecule has 1 heterocycles. The number of aromatic nitrogens is 2. The van der Waals surface area contributed by atoms with Gasteiger partial charge in [-0.05, 0) is 30.6 Å². The molecule has 0 radical (unpaired) electrons.